The summed E-state index contributed by atoms with van der Waals surface area (Å²) in [6.45, 7) is 5.06. The molecule has 1 aromatic rings. The number of nitrogens with one attached hydrogen (secondary N) is 1. The molecular formula is C18H25NO5S. The average Bonchev–Trinajstić information content (AvgIpc) is 2.91. The number of hydrogen-bond acceptors (Lipinski definition) is 5. The van der Waals surface area contributed by atoms with Crippen molar-refractivity contribution in [2.75, 3.05) is 24.7 Å². The predicted molar refractivity (Wildman–Crippen MR) is 97.6 cm³/mol. The Bertz CT molecular complexity index is 727. The highest BCUT2D eigenvalue weighted by atomic mass is 32.2. The van der Waals surface area contributed by atoms with Crippen LogP contribution in [0.3, 0.4) is 0 Å². The molecule has 0 bridgehead atoms. The van der Waals surface area contributed by atoms with Crippen molar-refractivity contribution in [3.05, 3.63) is 29.8 Å². The summed E-state index contributed by atoms with van der Waals surface area (Å²) in [5.41, 5.74) is 0.807. The van der Waals surface area contributed by atoms with Gasteiger partial charge in [0.15, 0.2) is 21.3 Å². The van der Waals surface area contributed by atoms with Gasteiger partial charge in [-0.05, 0) is 43.5 Å². The first-order valence-electron chi connectivity index (χ1n) is 8.52. The van der Waals surface area contributed by atoms with Crippen LogP contribution in [0.4, 0.5) is 0 Å². The molecule has 1 amide bonds. The summed E-state index contributed by atoms with van der Waals surface area (Å²) in [6, 6.07) is 5.18. The first-order chi connectivity index (χ1) is 11.9. The molecule has 1 aromatic carbocycles. The van der Waals surface area contributed by atoms with Crippen molar-refractivity contribution < 1.29 is 22.7 Å². The summed E-state index contributed by atoms with van der Waals surface area (Å²) >= 11 is 0. The van der Waals surface area contributed by atoms with Crippen LogP contribution in [0.2, 0.25) is 0 Å². The quantitative estimate of drug-likeness (QED) is 0.712. The van der Waals surface area contributed by atoms with Gasteiger partial charge in [-0.1, -0.05) is 13.0 Å². The predicted octanol–water partition coefficient (Wildman–Crippen LogP) is 2.19. The molecular weight excluding hydrogens is 342 g/mol. The average molecular weight is 367 g/mol. The van der Waals surface area contributed by atoms with Crippen LogP contribution in [0, 0.1) is 0 Å². The molecule has 1 heterocycles. The topological polar surface area (TPSA) is 81.7 Å². The summed E-state index contributed by atoms with van der Waals surface area (Å²) in [5, 5.41) is 2.72. The van der Waals surface area contributed by atoms with Crippen molar-refractivity contribution in [2.24, 2.45) is 0 Å². The normalized spacial score (nSPS) is 19.0. The number of ether oxygens (including phenoxy) is 2. The molecule has 0 radical (unpaired) electrons. The Kier molecular flexibility index (Phi) is 6.87. The first-order valence-corrected chi connectivity index (χ1v) is 10.3. The van der Waals surface area contributed by atoms with E-state index in [1.54, 1.807) is 6.08 Å². The summed E-state index contributed by atoms with van der Waals surface area (Å²) in [7, 11) is -3.00. The van der Waals surface area contributed by atoms with E-state index in [9.17, 15) is 13.2 Å². The third-order valence-corrected chi connectivity index (χ3v) is 5.50. The van der Waals surface area contributed by atoms with Gasteiger partial charge >= 0.3 is 0 Å². The molecule has 0 aromatic heterocycles. The number of hydrogen-bond donors (Lipinski definition) is 1. The molecule has 0 aliphatic carbocycles. The van der Waals surface area contributed by atoms with Crippen molar-refractivity contribution in [3.8, 4) is 11.5 Å². The minimum Gasteiger partial charge on any atom is -0.490 e. The molecule has 7 heteroatoms. The SMILES string of the molecule is CCCOc1ccc(C=CC(=O)NC2CCS(=O)(=O)C2)cc1OCC. The molecule has 25 heavy (non-hydrogen) atoms. The number of carbonyl (C=O) groups excluding carboxylic acids is 1. The fourth-order valence-electron chi connectivity index (χ4n) is 2.56. The maximum Gasteiger partial charge on any atom is 0.244 e. The number of amides is 1. The zero-order valence-electron chi connectivity index (χ0n) is 14.7. The number of benzene rings is 1. The van der Waals surface area contributed by atoms with Crippen molar-refractivity contribution >= 4 is 21.8 Å². The molecule has 0 spiro atoms. The monoisotopic (exact) mass is 367 g/mol. The van der Waals surface area contributed by atoms with Crippen LogP contribution in [-0.4, -0.2) is 45.1 Å². The molecule has 1 atom stereocenters. The lowest BCUT2D eigenvalue weighted by atomic mass is 10.2. The largest absolute Gasteiger partial charge is 0.490 e. The summed E-state index contributed by atoms with van der Waals surface area (Å²) in [5.74, 6) is 1.18. The van der Waals surface area contributed by atoms with E-state index in [2.05, 4.69) is 5.32 Å². The van der Waals surface area contributed by atoms with E-state index >= 15 is 0 Å². The number of carbonyl (C=O) groups is 1. The van der Waals surface area contributed by atoms with Crippen molar-refractivity contribution in [2.45, 2.75) is 32.7 Å². The van der Waals surface area contributed by atoms with Gasteiger partial charge in [-0.15, -0.1) is 0 Å². The Morgan fingerprint density at radius 3 is 2.72 bits per heavy atom. The molecule has 1 saturated heterocycles. The molecule has 1 aliphatic heterocycles. The van der Waals surface area contributed by atoms with E-state index < -0.39 is 9.84 Å². The third kappa shape index (κ3) is 6.08. The van der Waals surface area contributed by atoms with Crippen molar-refractivity contribution in [3.63, 3.8) is 0 Å². The van der Waals surface area contributed by atoms with Gasteiger partial charge in [0.25, 0.3) is 0 Å². The van der Waals surface area contributed by atoms with Crippen LogP contribution in [0.15, 0.2) is 24.3 Å². The van der Waals surface area contributed by atoms with Gasteiger partial charge < -0.3 is 14.8 Å². The van der Waals surface area contributed by atoms with Gasteiger partial charge in [0.2, 0.25) is 5.91 Å². The fraction of sp³-hybridized carbons (Fsp3) is 0.500. The summed E-state index contributed by atoms with van der Waals surface area (Å²) in [4.78, 5) is 12.0. The smallest absolute Gasteiger partial charge is 0.244 e. The zero-order chi connectivity index (χ0) is 18.3. The second-order valence-electron chi connectivity index (χ2n) is 5.93. The van der Waals surface area contributed by atoms with Crippen LogP contribution in [-0.2, 0) is 14.6 Å². The Morgan fingerprint density at radius 2 is 2.08 bits per heavy atom. The van der Waals surface area contributed by atoms with Crippen LogP contribution in [0.5, 0.6) is 11.5 Å². The highest BCUT2D eigenvalue weighted by Crippen LogP contribution is 2.29. The Labute approximate surface area is 149 Å². The zero-order valence-corrected chi connectivity index (χ0v) is 15.5. The van der Waals surface area contributed by atoms with E-state index in [4.69, 9.17) is 9.47 Å². The standard InChI is InChI=1S/C18H25NO5S/c1-3-10-24-16-7-5-14(12-17(16)23-4-2)6-8-18(20)19-15-9-11-25(21,22)13-15/h5-8,12,15H,3-4,9-11,13H2,1-2H3,(H,19,20). The molecule has 1 fully saturated rings. The molecule has 138 valence electrons. The third-order valence-electron chi connectivity index (χ3n) is 3.74. The molecule has 1 N–H and O–H groups in total. The van der Waals surface area contributed by atoms with Crippen molar-refractivity contribution in [1.82, 2.24) is 5.32 Å². The molecule has 2 rings (SSSR count). The summed E-state index contributed by atoms with van der Waals surface area (Å²) < 4.78 is 34.1. The van der Waals surface area contributed by atoms with Gasteiger partial charge in [0.1, 0.15) is 0 Å². The second-order valence-corrected chi connectivity index (χ2v) is 8.16. The minimum absolute atomic E-state index is 0.0184. The lowest BCUT2D eigenvalue weighted by Crippen LogP contribution is -2.34. The van der Waals surface area contributed by atoms with Crippen LogP contribution in [0.1, 0.15) is 32.3 Å². The molecule has 1 aliphatic rings. The Hall–Kier alpha value is -2.02. The van der Waals surface area contributed by atoms with Gasteiger partial charge in [0.05, 0.1) is 24.7 Å². The highest BCUT2D eigenvalue weighted by Gasteiger charge is 2.28. The minimum atomic E-state index is -3.00. The van der Waals surface area contributed by atoms with Crippen molar-refractivity contribution in [1.29, 1.82) is 0 Å². The van der Waals surface area contributed by atoms with Gasteiger partial charge in [-0.25, -0.2) is 8.42 Å². The maximum atomic E-state index is 12.0. The lowest BCUT2D eigenvalue weighted by molar-refractivity contribution is -0.116. The van der Waals surface area contributed by atoms with Crippen LogP contribution >= 0.6 is 0 Å². The number of sulfone groups is 1. The van der Waals surface area contributed by atoms with E-state index in [0.29, 0.717) is 31.1 Å². The molecule has 1 unspecified atom stereocenters. The Balaban J connectivity index is 1.99. The van der Waals surface area contributed by atoms with Gasteiger partial charge in [-0.3, -0.25) is 4.79 Å². The molecule has 0 saturated carbocycles. The lowest BCUT2D eigenvalue weighted by Gasteiger charge is -2.12. The van der Waals surface area contributed by atoms with Gasteiger partial charge in [-0.2, -0.15) is 0 Å². The second kappa shape index (κ2) is 8.89. The summed E-state index contributed by atoms with van der Waals surface area (Å²) in [6.07, 6.45) is 4.46. The molecule has 6 nitrogen and oxygen atoms in total. The number of rotatable bonds is 8. The Morgan fingerprint density at radius 1 is 1.28 bits per heavy atom. The highest BCUT2D eigenvalue weighted by molar-refractivity contribution is 7.91. The van der Waals surface area contributed by atoms with Crippen LogP contribution in [0.25, 0.3) is 6.08 Å². The van der Waals surface area contributed by atoms with E-state index in [-0.39, 0.29) is 23.5 Å². The first kappa shape index (κ1) is 19.3. The fourth-order valence-corrected chi connectivity index (χ4v) is 4.23. The maximum absolute atomic E-state index is 12.0. The van der Waals surface area contributed by atoms with Crippen LogP contribution < -0.4 is 14.8 Å². The van der Waals surface area contributed by atoms with E-state index in [1.165, 1.54) is 6.08 Å². The van der Waals surface area contributed by atoms with Gasteiger partial charge in [0, 0.05) is 12.1 Å². The van der Waals surface area contributed by atoms with E-state index in [0.717, 1.165) is 12.0 Å². The van der Waals surface area contributed by atoms with E-state index in [1.807, 2.05) is 32.0 Å².